The zero-order valence-electron chi connectivity index (χ0n) is 12.2. The van der Waals surface area contributed by atoms with Gasteiger partial charge in [0.05, 0.1) is 23.4 Å². The summed E-state index contributed by atoms with van der Waals surface area (Å²) in [5, 5.41) is 13.0. The van der Waals surface area contributed by atoms with Gasteiger partial charge in [-0.05, 0) is 30.0 Å². The van der Waals surface area contributed by atoms with Gasteiger partial charge in [0.15, 0.2) is 0 Å². The third-order valence-electron chi connectivity index (χ3n) is 4.73. The number of rotatable bonds is 2. The molecule has 120 valence electrons. The number of aliphatic hydroxyl groups excluding tert-OH is 1. The number of nitrogens with one attached hydrogen (secondary N) is 2. The Bertz CT molecular complexity index is 812. The van der Waals surface area contributed by atoms with E-state index in [4.69, 9.17) is 23.2 Å². The lowest BCUT2D eigenvalue weighted by molar-refractivity contribution is 0.0827. The lowest BCUT2D eigenvalue weighted by Crippen LogP contribution is -2.57. The number of fused-ring (bicyclic) bond motifs is 5. The molecule has 0 spiro atoms. The SMILES string of the molecule is O=C1NC(CO)(CCl)Cc2[nH]c3c(c21)CCc1cnc(Cl)cc1-3. The molecule has 1 amide bonds. The molecule has 0 bridgehead atoms. The Morgan fingerprint density at radius 2 is 2.22 bits per heavy atom. The smallest absolute Gasteiger partial charge is 0.253 e. The molecule has 4 rings (SSSR count). The Morgan fingerprint density at radius 1 is 1.39 bits per heavy atom. The number of nitrogens with zero attached hydrogens (tertiary/aromatic N) is 1. The van der Waals surface area contributed by atoms with E-state index in [0.29, 0.717) is 17.1 Å². The summed E-state index contributed by atoms with van der Waals surface area (Å²) in [6.07, 6.45) is 3.87. The normalized spacial score (nSPS) is 22.1. The van der Waals surface area contributed by atoms with Crippen LogP contribution < -0.4 is 5.32 Å². The minimum Gasteiger partial charge on any atom is -0.394 e. The van der Waals surface area contributed by atoms with Crippen molar-refractivity contribution in [1.29, 1.82) is 0 Å². The Labute approximate surface area is 143 Å². The van der Waals surface area contributed by atoms with E-state index >= 15 is 0 Å². The fourth-order valence-electron chi connectivity index (χ4n) is 3.54. The van der Waals surface area contributed by atoms with Crippen LogP contribution in [0.25, 0.3) is 11.3 Å². The third kappa shape index (κ3) is 2.18. The summed E-state index contributed by atoms with van der Waals surface area (Å²) in [5.74, 6) is -0.0212. The van der Waals surface area contributed by atoms with Crippen molar-refractivity contribution in [2.45, 2.75) is 24.8 Å². The Balaban J connectivity index is 1.88. The van der Waals surface area contributed by atoms with Gasteiger partial charge in [-0.2, -0.15) is 0 Å². The second kappa shape index (κ2) is 5.23. The van der Waals surface area contributed by atoms with Gasteiger partial charge >= 0.3 is 0 Å². The fraction of sp³-hybridized carbons (Fsp3) is 0.375. The molecule has 3 heterocycles. The monoisotopic (exact) mass is 351 g/mol. The average Bonchev–Trinajstić information content (AvgIpc) is 2.93. The minimum atomic E-state index is -0.808. The number of carbonyl (C=O) groups excluding carboxylic acids is 1. The predicted molar refractivity (Wildman–Crippen MR) is 88.1 cm³/mol. The molecule has 0 fully saturated rings. The molecule has 0 aromatic carbocycles. The molecule has 0 saturated heterocycles. The number of amides is 1. The van der Waals surface area contributed by atoms with E-state index in [-0.39, 0.29) is 18.4 Å². The summed E-state index contributed by atoms with van der Waals surface area (Å²) in [5.41, 5.74) is 4.76. The van der Waals surface area contributed by atoms with Gasteiger partial charge in [-0.15, -0.1) is 11.6 Å². The van der Waals surface area contributed by atoms with Gasteiger partial charge in [0.2, 0.25) is 0 Å². The van der Waals surface area contributed by atoms with Gasteiger partial charge in [0.1, 0.15) is 5.15 Å². The van der Waals surface area contributed by atoms with Crippen molar-refractivity contribution in [3.05, 3.63) is 39.8 Å². The van der Waals surface area contributed by atoms with Crippen LogP contribution in [0.2, 0.25) is 5.15 Å². The maximum Gasteiger partial charge on any atom is 0.253 e. The Morgan fingerprint density at radius 3 is 2.96 bits per heavy atom. The van der Waals surface area contributed by atoms with Crippen molar-refractivity contribution in [3.63, 3.8) is 0 Å². The highest BCUT2D eigenvalue weighted by Gasteiger charge is 2.40. The molecule has 1 atom stereocenters. The largest absolute Gasteiger partial charge is 0.394 e. The van der Waals surface area contributed by atoms with Crippen molar-refractivity contribution in [1.82, 2.24) is 15.3 Å². The first-order valence-corrected chi connectivity index (χ1v) is 8.36. The topological polar surface area (TPSA) is 78.0 Å². The first-order chi connectivity index (χ1) is 11.1. The molecule has 1 unspecified atom stereocenters. The number of aryl methyl sites for hydroxylation is 1. The van der Waals surface area contributed by atoms with E-state index in [0.717, 1.165) is 40.9 Å². The first-order valence-electron chi connectivity index (χ1n) is 7.45. The van der Waals surface area contributed by atoms with Gasteiger partial charge in [-0.1, -0.05) is 11.6 Å². The Kier molecular flexibility index (Phi) is 3.41. The van der Waals surface area contributed by atoms with Crippen LogP contribution in [-0.4, -0.2) is 39.0 Å². The van der Waals surface area contributed by atoms with Crippen LogP contribution in [0, 0.1) is 0 Å². The zero-order chi connectivity index (χ0) is 16.2. The number of aromatic amines is 1. The van der Waals surface area contributed by atoms with E-state index in [1.165, 1.54) is 0 Å². The summed E-state index contributed by atoms with van der Waals surface area (Å²) in [4.78, 5) is 20.1. The van der Waals surface area contributed by atoms with Gasteiger partial charge in [0, 0.05) is 29.8 Å². The Hall–Kier alpha value is -1.56. The maximum absolute atomic E-state index is 12.6. The van der Waals surface area contributed by atoms with Crippen molar-refractivity contribution < 1.29 is 9.90 Å². The van der Waals surface area contributed by atoms with E-state index < -0.39 is 5.54 Å². The standard InChI is InChI=1S/C16H15Cl2N3O2/c17-6-16(7-22)4-11-13(15(23)21-16)9-2-1-8-5-19-12(18)3-10(8)14(9)20-11/h3,5,20,22H,1-2,4,6-7H2,(H,21,23). The molecular weight excluding hydrogens is 337 g/mol. The number of pyridine rings is 1. The first kappa shape index (κ1) is 15.0. The highest BCUT2D eigenvalue weighted by molar-refractivity contribution is 6.29. The fourth-order valence-corrected chi connectivity index (χ4v) is 3.94. The molecule has 23 heavy (non-hydrogen) atoms. The highest BCUT2D eigenvalue weighted by Crippen LogP contribution is 2.39. The molecule has 0 saturated carbocycles. The van der Waals surface area contributed by atoms with Crippen LogP contribution in [0.4, 0.5) is 0 Å². The molecule has 2 aliphatic rings. The van der Waals surface area contributed by atoms with Crippen molar-refractivity contribution >= 4 is 29.1 Å². The number of halogens is 2. The second-order valence-corrected chi connectivity index (χ2v) is 6.85. The molecule has 1 aliphatic heterocycles. The van der Waals surface area contributed by atoms with Crippen LogP contribution >= 0.6 is 23.2 Å². The van der Waals surface area contributed by atoms with Crippen molar-refractivity contribution in [2.24, 2.45) is 0 Å². The summed E-state index contributed by atoms with van der Waals surface area (Å²) >= 11 is 12.0. The zero-order valence-corrected chi connectivity index (χ0v) is 13.8. The number of carbonyl (C=O) groups is 1. The molecule has 3 N–H and O–H groups in total. The summed E-state index contributed by atoms with van der Waals surface area (Å²) in [6.45, 7) is -0.197. The second-order valence-electron chi connectivity index (χ2n) is 6.20. The molecule has 7 heteroatoms. The molecule has 0 radical (unpaired) electrons. The molecule has 2 aromatic heterocycles. The number of H-pyrrole nitrogens is 1. The predicted octanol–water partition coefficient (Wildman–Crippen LogP) is 2.08. The van der Waals surface area contributed by atoms with Crippen LogP contribution in [0.1, 0.15) is 27.2 Å². The van der Waals surface area contributed by atoms with E-state index in [1.807, 2.05) is 6.07 Å². The quantitative estimate of drug-likeness (QED) is 0.572. The van der Waals surface area contributed by atoms with Crippen molar-refractivity contribution in [3.8, 4) is 11.3 Å². The van der Waals surface area contributed by atoms with Gasteiger partial charge < -0.3 is 15.4 Å². The highest BCUT2D eigenvalue weighted by atomic mass is 35.5. The van der Waals surface area contributed by atoms with Crippen LogP contribution in [0.5, 0.6) is 0 Å². The lowest BCUT2D eigenvalue weighted by Gasteiger charge is -2.34. The lowest BCUT2D eigenvalue weighted by atomic mass is 9.85. The molecule has 5 nitrogen and oxygen atoms in total. The van der Waals surface area contributed by atoms with Crippen LogP contribution in [0.15, 0.2) is 12.3 Å². The van der Waals surface area contributed by atoms with Gasteiger partial charge in [-0.3, -0.25) is 4.79 Å². The maximum atomic E-state index is 12.6. The van der Waals surface area contributed by atoms with Gasteiger partial charge in [0.25, 0.3) is 5.91 Å². The molecule has 1 aliphatic carbocycles. The summed E-state index contributed by atoms with van der Waals surface area (Å²) in [6, 6.07) is 1.83. The number of hydrogen-bond donors (Lipinski definition) is 3. The molecule has 2 aromatic rings. The third-order valence-corrected chi connectivity index (χ3v) is 5.45. The van der Waals surface area contributed by atoms with E-state index in [1.54, 1.807) is 6.20 Å². The minimum absolute atomic E-state index is 0.157. The average molecular weight is 352 g/mol. The number of alkyl halides is 1. The van der Waals surface area contributed by atoms with Gasteiger partial charge in [-0.25, -0.2) is 4.98 Å². The summed E-state index contributed by atoms with van der Waals surface area (Å²) in [7, 11) is 0. The number of aromatic nitrogens is 2. The number of hydrogen-bond acceptors (Lipinski definition) is 3. The van der Waals surface area contributed by atoms with Crippen molar-refractivity contribution in [2.75, 3.05) is 12.5 Å². The van der Waals surface area contributed by atoms with E-state index in [2.05, 4.69) is 15.3 Å². The number of aliphatic hydroxyl groups is 1. The summed E-state index contributed by atoms with van der Waals surface area (Å²) < 4.78 is 0. The van der Waals surface area contributed by atoms with Crippen LogP contribution in [-0.2, 0) is 19.3 Å². The van der Waals surface area contributed by atoms with E-state index in [9.17, 15) is 9.90 Å². The molecular formula is C16H15Cl2N3O2. The van der Waals surface area contributed by atoms with Crippen LogP contribution in [0.3, 0.4) is 0 Å².